The fraction of sp³-hybridized carbons (Fsp3) is 0.190. The van der Waals surface area contributed by atoms with Gasteiger partial charge in [-0.2, -0.15) is 5.11 Å². The summed E-state index contributed by atoms with van der Waals surface area (Å²) in [5.41, 5.74) is 2.39. The number of anilines is 1. The Kier molecular flexibility index (Phi) is 6.32. The minimum absolute atomic E-state index is 0. The first-order valence-corrected chi connectivity index (χ1v) is 8.84. The van der Waals surface area contributed by atoms with Crippen LogP contribution >= 0.6 is 17.0 Å². The number of rotatable bonds is 4. The van der Waals surface area contributed by atoms with Gasteiger partial charge in [0.05, 0.1) is 17.4 Å². The van der Waals surface area contributed by atoms with Crippen molar-refractivity contribution in [2.45, 2.75) is 18.9 Å². The Morgan fingerprint density at radius 2 is 1.67 bits per heavy atom. The Balaban J connectivity index is 0.00000210. The predicted octanol–water partition coefficient (Wildman–Crippen LogP) is 5.52. The van der Waals surface area contributed by atoms with E-state index in [1.807, 2.05) is 66.7 Å². The van der Waals surface area contributed by atoms with E-state index in [1.54, 1.807) is 0 Å². The van der Waals surface area contributed by atoms with Crippen molar-refractivity contribution in [2.24, 2.45) is 10.2 Å². The van der Waals surface area contributed by atoms with Gasteiger partial charge in [0, 0.05) is 16.5 Å². The van der Waals surface area contributed by atoms with Crippen molar-refractivity contribution in [1.29, 1.82) is 0 Å². The topological polar surface area (TPSA) is 65.8 Å². The van der Waals surface area contributed by atoms with Gasteiger partial charge in [0.2, 0.25) is 5.91 Å². The Morgan fingerprint density at radius 1 is 0.926 bits per heavy atom. The molecule has 3 aromatic carbocycles. The van der Waals surface area contributed by atoms with Gasteiger partial charge in [0.15, 0.2) is 0 Å². The molecule has 0 radical (unpaired) electrons. The lowest BCUT2D eigenvalue weighted by Crippen LogP contribution is -2.35. The maximum Gasteiger partial charge on any atom is 0.241 e. The monoisotopic (exact) mass is 424 g/mol. The van der Waals surface area contributed by atoms with Gasteiger partial charge in [-0.05, 0) is 43.7 Å². The van der Waals surface area contributed by atoms with Gasteiger partial charge in [-0.15, -0.1) is 22.1 Å². The Labute approximate surface area is 168 Å². The van der Waals surface area contributed by atoms with Crippen molar-refractivity contribution in [3.8, 4) is 0 Å². The quantitative estimate of drug-likeness (QED) is 0.541. The molecule has 2 N–H and O–H groups in total. The number of amides is 1. The summed E-state index contributed by atoms with van der Waals surface area (Å²) in [6.45, 7) is 0.900. The van der Waals surface area contributed by atoms with Gasteiger partial charge in [-0.25, -0.2) is 0 Å². The van der Waals surface area contributed by atoms with Crippen molar-refractivity contribution in [2.75, 3.05) is 11.9 Å². The molecule has 0 spiro atoms. The highest BCUT2D eigenvalue weighted by Crippen LogP contribution is 2.33. The number of carbonyl (C=O) groups excluding carboxylic acids is 1. The molecular weight excluding hydrogens is 404 g/mol. The first-order chi connectivity index (χ1) is 12.8. The molecule has 0 bridgehead atoms. The summed E-state index contributed by atoms with van der Waals surface area (Å²) in [5.74, 6) is 0.0197. The van der Waals surface area contributed by atoms with E-state index in [4.69, 9.17) is 0 Å². The van der Waals surface area contributed by atoms with Crippen LogP contribution in [0.3, 0.4) is 0 Å². The fourth-order valence-electron chi connectivity index (χ4n) is 3.21. The molecule has 5 nitrogen and oxygen atoms in total. The average Bonchev–Trinajstić information content (AvgIpc) is 3.23. The standard InChI is InChI=1S/C21H20N4O.BrH/c26-21(20-11-6-14-22-20)23-18-12-13-19(17-10-5-4-9-16(17)18)25-24-15-7-2-1-3-8-15;/h1-5,7-10,12-13,20,22H,6,11,14H2,(H,23,26);1H/b25-24+;/t20-;/m0./s1. The molecule has 0 aliphatic carbocycles. The number of fused-ring (bicyclic) bond motifs is 1. The van der Waals surface area contributed by atoms with Gasteiger partial charge in [0.25, 0.3) is 0 Å². The van der Waals surface area contributed by atoms with Gasteiger partial charge in [-0.1, -0.05) is 42.5 Å². The first kappa shape index (κ1) is 19.2. The van der Waals surface area contributed by atoms with Crippen LogP contribution in [0.25, 0.3) is 10.8 Å². The van der Waals surface area contributed by atoms with Crippen molar-refractivity contribution < 1.29 is 4.79 Å². The third kappa shape index (κ3) is 4.40. The van der Waals surface area contributed by atoms with Crippen LogP contribution in [-0.4, -0.2) is 18.5 Å². The molecule has 1 heterocycles. The van der Waals surface area contributed by atoms with Crippen molar-refractivity contribution in [3.63, 3.8) is 0 Å². The third-order valence-electron chi connectivity index (χ3n) is 4.57. The number of benzene rings is 3. The van der Waals surface area contributed by atoms with E-state index in [-0.39, 0.29) is 28.9 Å². The zero-order valence-electron chi connectivity index (χ0n) is 14.8. The summed E-state index contributed by atoms with van der Waals surface area (Å²) < 4.78 is 0. The van der Waals surface area contributed by atoms with E-state index in [0.717, 1.165) is 47.2 Å². The minimum atomic E-state index is -0.105. The number of carbonyl (C=O) groups is 1. The Bertz CT molecular complexity index is 953. The van der Waals surface area contributed by atoms with Crippen molar-refractivity contribution in [3.05, 3.63) is 66.7 Å². The summed E-state index contributed by atoms with van der Waals surface area (Å²) in [6, 6.07) is 21.2. The zero-order valence-corrected chi connectivity index (χ0v) is 16.5. The van der Waals surface area contributed by atoms with Crippen LogP contribution < -0.4 is 10.6 Å². The number of azo groups is 1. The molecular formula is C21H21BrN4O. The first-order valence-electron chi connectivity index (χ1n) is 8.84. The number of hydrogen-bond donors (Lipinski definition) is 2. The molecule has 0 aromatic heterocycles. The molecule has 1 fully saturated rings. The van der Waals surface area contributed by atoms with Gasteiger partial charge in [0.1, 0.15) is 0 Å². The summed E-state index contributed by atoms with van der Waals surface area (Å²) in [7, 11) is 0. The average molecular weight is 425 g/mol. The fourth-order valence-corrected chi connectivity index (χ4v) is 3.21. The summed E-state index contributed by atoms with van der Waals surface area (Å²) in [5, 5.41) is 16.9. The summed E-state index contributed by atoms with van der Waals surface area (Å²) in [4.78, 5) is 12.4. The largest absolute Gasteiger partial charge is 0.324 e. The lowest BCUT2D eigenvalue weighted by atomic mass is 10.1. The number of nitrogens with one attached hydrogen (secondary N) is 2. The van der Waals surface area contributed by atoms with Crippen LogP contribution in [0.1, 0.15) is 12.8 Å². The maximum atomic E-state index is 12.4. The van der Waals surface area contributed by atoms with E-state index in [1.165, 1.54) is 0 Å². The second kappa shape index (κ2) is 8.88. The number of hydrogen-bond acceptors (Lipinski definition) is 4. The molecule has 1 aliphatic rings. The molecule has 138 valence electrons. The molecule has 6 heteroatoms. The second-order valence-electron chi connectivity index (χ2n) is 6.35. The van der Waals surface area contributed by atoms with Crippen LogP contribution in [0.5, 0.6) is 0 Å². The lowest BCUT2D eigenvalue weighted by Gasteiger charge is -2.13. The van der Waals surface area contributed by atoms with Gasteiger partial charge >= 0.3 is 0 Å². The zero-order chi connectivity index (χ0) is 17.8. The van der Waals surface area contributed by atoms with Crippen LogP contribution in [0.2, 0.25) is 0 Å². The predicted molar refractivity (Wildman–Crippen MR) is 115 cm³/mol. The van der Waals surface area contributed by atoms with Gasteiger partial charge < -0.3 is 10.6 Å². The van der Waals surface area contributed by atoms with Crippen LogP contribution in [0.4, 0.5) is 17.1 Å². The summed E-state index contributed by atoms with van der Waals surface area (Å²) in [6.07, 6.45) is 1.92. The third-order valence-corrected chi connectivity index (χ3v) is 4.57. The number of nitrogens with zero attached hydrogens (tertiary/aromatic N) is 2. The molecule has 3 aromatic rings. The normalized spacial score (nSPS) is 16.4. The molecule has 27 heavy (non-hydrogen) atoms. The Morgan fingerprint density at radius 3 is 2.41 bits per heavy atom. The minimum Gasteiger partial charge on any atom is -0.324 e. The smallest absolute Gasteiger partial charge is 0.241 e. The van der Waals surface area contributed by atoms with E-state index in [2.05, 4.69) is 20.9 Å². The Hall–Kier alpha value is -2.57. The molecule has 1 aliphatic heterocycles. The van der Waals surface area contributed by atoms with Crippen LogP contribution in [0, 0.1) is 0 Å². The van der Waals surface area contributed by atoms with Crippen molar-refractivity contribution in [1.82, 2.24) is 5.32 Å². The highest BCUT2D eigenvalue weighted by molar-refractivity contribution is 8.93. The molecule has 0 unspecified atom stereocenters. The molecule has 0 saturated carbocycles. The van der Waals surface area contributed by atoms with E-state index < -0.39 is 0 Å². The SMILES string of the molecule is Br.O=C(Nc1ccc(/N=N/c2ccccc2)c2ccccc12)[C@@H]1CCCN1. The molecule has 1 atom stereocenters. The maximum absolute atomic E-state index is 12.4. The molecule has 1 amide bonds. The lowest BCUT2D eigenvalue weighted by molar-refractivity contribution is -0.117. The molecule has 1 saturated heterocycles. The molecule has 4 rings (SSSR count). The van der Waals surface area contributed by atoms with Crippen LogP contribution in [0.15, 0.2) is 77.0 Å². The highest BCUT2D eigenvalue weighted by atomic mass is 79.9. The van der Waals surface area contributed by atoms with E-state index in [0.29, 0.717) is 0 Å². The van der Waals surface area contributed by atoms with Crippen LogP contribution in [-0.2, 0) is 4.79 Å². The number of halogens is 1. The van der Waals surface area contributed by atoms with E-state index >= 15 is 0 Å². The van der Waals surface area contributed by atoms with E-state index in [9.17, 15) is 4.79 Å². The highest BCUT2D eigenvalue weighted by Gasteiger charge is 2.22. The van der Waals surface area contributed by atoms with Gasteiger partial charge in [-0.3, -0.25) is 4.79 Å². The second-order valence-corrected chi connectivity index (χ2v) is 6.35. The summed E-state index contributed by atoms with van der Waals surface area (Å²) >= 11 is 0. The van der Waals surface area contributed by atoms with Crippen molar-refractivity contribution >= 4 is 50.7 Å².